The molecule has 3 aromatic heterocycles. The first-order chi connectivity index (χ1) is 17.5. The van der Waals surface area contributed by atoms with Crippen molar-refractivity contribution in [2.75, 3.05) is 0 Å². The van der Waals surface area contributed by atoms with Crippen LogP contribution in [0.25, 0.3) is 28.7 Å². The van der Waals surface area contributed by atoms with Crippen molar-refractivity contribution >= 4 is 28.9 Å². The summed E-state index contributed by atoms with van der Waals surface area (Å²) in [6.07, 6.45) is 6.54. The number of aromatic nitrogens is 3. The quantitative estimate of drug-likeness (QED) is 0.202. The van der Waals surface area contributed by atoms with Crippen molar-refractivity contribution in [2.24, 2.45) is 0 Å². The van der Waals surface area contributed by atoms with Crippen molar-refractivity contribution < 1.29 is 9.34 Å². The molecule has 0 N–H and O–H groups in total. The van der Waals surface area contributed by atoms with E-state index in [1.54, 1.807) is 42.7 Å². The average Bonchev–Trinajstić information content (AvgIpc) is 3.37. The van der Waals surface area contributed by atoms with Gasteiger partial charge in [0.1, 0.15) is 16.5 Å². The second kappa shape index (κ2) is 9.52. The molecule has 0 aliphatic carbocycles. The van der Waals surface area contributed by atoms with Gasteiger partial charge in [-0.2, -0.15) is 0 Å². The van der Waals surface area contributed by atoms with Gasteiger partial charge in [-0.1, -0.05) is 24.0 Å². The topological polar surface area (TPSA) is 104 Å². The molecule has 0 bridgehead atoms. The van der Waals surface area contributed by atoms with Crippen LogP contribution in [0.1, 0.15) is 28.3 Å². The minimum Gasteiger partial charge on any atom is -0.401 e. The third-order valence-corrected chi connectivity index (χ3v) is 5.44. The number of aryl methyl sites for hydroxylation is 1. The lowest BCUT2D eigenvalue weighted by molar-refractivity contribution is -0.402. The summed E-state index contributed by atoms with van der Waals surface area (Å²) in [7, 11) is 0. The van der Waals surface area contributed by atoms with Gasteiger partial charge in [-0.15, -0.1) is 0 Å². The monoisotopic (exact) mass is 474 g/mol. The van der Waals surface area contributed by atoms with Gasteiger partial charge in [0, 0.05) is 23.5 Å². The Morgan fingerprint density at radius 3 is 2.58 bits per heavy atom. The number of hydrogen-bond donors (Lipinski definition) is 0. The summed E-state index contributed by atoms with van der Waals surface area (Å²) in [6.45, 7) is 1.90. The first kappa shape index (κ1) is 22.5. The molecule has 0 radical (unpaired) electrons. The summed E-state index contributed by atoms with van der Waals surface area (Å²) in [4.78, 5) is 32.6. The van der Waals surface area contributed by atoms with Crippen molar-refractivity contribution in [2.45, 2.75) is 6.92 Å². The Kier molecular flexibility index (Phi) is 5.95. The lowest BCUT2D eigenvalue weighted by atomic mass is 10.1. The lowest BCUT2D eigenvalue weighted by Gasteiger charge is -2.14. The molecule has 36 heavy (non-hydrogen) atoms. The Hall–Kier alpha value is -5.29. The normalized spacial score (nSPS) is 10.9. The van der Waals surface area contributed by atoms with E-state index < -0.39 is 4.92 Å². The molecule has 0 saturated heterocycles. The third-order valence-electron chi connectivity index (χ3n) is 5.44. The number of nitrogens with zero attached hydrogens (tertiary/aromatic N) is 4. The standard InChI is InChI=1S/C28H18N4O4/c1-19-17-20(8-9-21-5-4-16-29-18-21)10-13-25(19)31-26(14-11-22-12-15-27(36-22)32(34)35)30-24-7-3-2-6-23(24)28(31)33/h2-7,10-18H,1H3. The number of pyridine rings is 1. The van der Waals surface area contributed by atoms with Crippen LogP contribution in [0.4, 0.5) is 5.88 Å². The molecule has 0 aliphatic rings. The van der Waals surface area contributed by atoms with Gasteiger partial charge in [0.15, 0.2) is 0 Å². The molecule has 0 aliphatic heterocycles. The first-order valence-electron chi connectivity index (χ1n) is 11.0. The minimum atomic E-state index is -0.607. The molecule has 5 rings (SSSR count). The fourth-order valence-electron chi connectivity index (χ4n) is 3.75. The highest BCUT2D eigenvalue weighted by Crippen LogP contribution is 2.21. The van der Waals surface area contributed by atoms with E-state index in [1.165, 1.54) is 16.7 Å². The molecule has 0 saturated carbocycles. The third kappa shape index (κ3) is 4.54. The second-order valence-electron chi connectivity index (χ2n) is 7.89. The number of para-hydroxylation sites is 1. The Morgan fingerprint density at radius 2 is 1.83 bits per heavy atom. The zero-order valence-corrected chi connectivity index (χ0v) is 19.1. The van der Waals surface area contributed by atoms with E-state index in [2.05, 4.69) is 21.8 Å². The van der Waals surface area contributed by atoms with E-state index in [9.17, 15) is 14.9 Å². The van der Waals surface area contributed by atoms with Gasteiger partial charge in [0.2, 0.25) is 0 Å². The number of hydrogen-bond acceptors (Lipinski definition) is 6. The predicted octanol–water partition coefficient (Wildman–Crippen LogP) is 5.16. The van der Waals surface area contributed by atoms with Crippen molar-refractivity contribution in [3.63, 3.8) is 0 Å². The van der Waals surface area contributed by atoms with E-state index in [0.29, 0.717) is 22.4 Å². The van der Waals surface area contributed by atoms with Crippen molar-refractivity contribution in [1.29, 1.82) is 0 Å². The maximum absolute atomic E-state index is 13.5. The zero-order valence-electron chi connectivity index (χ0n) is 19.1. The highest BCUT2D eigenvalue weighted by molar-refractivity contribution is 5.80. The number of furan rings is 1. The molecule has 8 heteroatoms. The summed E-state index contributed by atoms with van der Waals surface area (Å²) in [5.74, 6) is 6.47. The van der Waals surface area contributed by atoms with Gasteiger partial charge in [-0.3, -0.25) is 24.5 Å². The molecule has 3 heterocycles. The van der Waals surface area contributed by atoms with Crippen molar-refractivity contribution in [3.8, 4) is 17.5 Å². The molecule has 0 fully saturated rings. The smallest absolute Gasteiger partial charge is 0.401 e. The summed E-state index contributed by atoms with van der Waals surface area (Å²) in [5, 5.41) is 11.4. The molecule has 174 valence electrons. The van der Waals surface area contributed by atoms with Crippen LogP contribution in [0, 0.1) is 28.9 Å². The van der Waals surface area contributed by atoms with Crippen LogP contribution in [-0.4, -0.2) is 19.5 Å². The van der Waals surface area contributed by atoms with Gasteiger partial charge >= 0.3 is 5.88 Å². The van der Waals surface area contributed by atoms with Gasteiger partial charge in [-0.25, -0.2) is 4.98 Å². The average molecular weight is 474 g/mol. The lowest BCUT2D eigenvalue weighted by Crippen LogP contribution is -2.23. The molecular formula is C28H18N4O4. The summed E-state index contributed by atoms with van der Waals surface area (Å²) < 4.78 is 6.73. The highest BCUT2D eigenvalue weighted by atomic mass is 16.6. The minimum absolute atomic E-state index is 0.233. The molecule has 0 amide bonds. The second-order valence-corrected chi connectivity index (χ2v) is 7.89. The van der Waals surface area contributed by atoms with Crippen LogP contribution < -0.4 is 5.56 Å². The summed E-state index contributed by atoms with van der Waals surface area (Å²) in [6, 6.07) is 19.1. The van der Waals surface area contributed by atoms with Crippen LogP contribution in [0.2, 0.25) is 0 Å². The van der Waals surface area contributed by atoms with Crippen LogP contribution in [0.3, 0.4) is 0 Å². The van der Waals surface area contributed by atoms with Crippen LogP contribution >= 0.6 is 0 Å². The van der Waals surface area contributed by atoms with E-state index in [1.807, 2.05) is 43.3 Å². The Labute approximate surface area is 205 Å². The molecule has 5 aromatic rings. The SMILES string of the molecule is Cc1cc(C#Cc2cccnc2)ccc1-n1c(C=Cc2ccc([N+](=O)[O-])o2)nc2ccccc2c1=O. The van der Waals surface area contributed by atoms with E-state index in [4.69, 9.17) is 4.42 Å². The molecular weight excluding hydrogens is 456 g/mol. The van der Waals surface area contributed by atoms with E-state index >= 15 is 0 Å². The summed E-state index contributed by atoms with van der Waals surface area (Å²) >= 11 is 0. The van der Waals surface area contributed by atoms with Crippen LogP contribution in [0.15, 0.2) is 88.3 Å². The maximum Gasteiger partial charge on any atom is 0.433 e. The maximum atomic E-state index is 13.5. The Morgan fingerprint density at radius 1 is 1.00 bits per heavy atom. The predicted molar refractivity (Wildman–Crippen MR) is 137 cm³/mol. The molecule has 0 atom stereocenters. The molecule has 2 aromatic carbocycles. The van der Waals surface area contributed by atoms with Gasteiger partial charge in [0.25, 0.3) is 5.56 Å². The first-order valence-corrected chi connectivity index (χ1v) is 11.0. The zero-order chi connectivity index (χ0) is 25.1. The Bertz CT molecular complexity index is 1760. The number of fused-ring (bicyclic) bond motifs is 1. The number of benzene rings is 2. The van der Waals surface area contributed by atoms with E-state index in [0.717, 1.165) is 16.7 Å². The van der Waals surface area contributed by atoms with Gasteiger partial charge in [-0.05, 0) is 73.2 Å². The summed E-state index contributed by atoms with van der Waals surface area (Å²) in [5.41, 5.74) is 3.38. The number of nitro groups is 1. The molecule has 0 unspecified atom stereocenters. The fourth-order valence-corrected chi connectivity index (χ4v) is 3.75. The molecule has 0 spiro atoms. The van der Waals surface area contributed by atoms with Crippen molar-refractivity contribution in [3.05, 3.63) is 128 Å². The largest absolute Gasteiger partial charge is 0.433 e. The van der Waals surface area contributed by atoms with Gasteiger partial charge in [0.05, 0.1) is 22.7 Å². The van der Waals surface area contributed by atoms with Crippen molar-refractivity contribution in [1.82, 2.24) is 14.5 Å². The number of rotatable bonds is 4. The fraction of sp³-hybridized carbons (Fsp3) is 0.0357. The Balaban J connectivity index is 1.60. The highest BCUT2D eigenvalue weighted by Gasteiger charge is 2.14. The molecule has 8 nitrogen and oxygen atoms in total. The van der Waals surface area contributed by atoms with Crippen LogP contribution in [0.5, 0.6) is 0 Å². The van der Waals surface area contributed by atoms with E-state index in [-0.39, 0.29) is 17.2 Å². The van der Waals surface area contributed by atoms with Crippen LogP contribution in [-0.2, 0) is 0 Å². The van der Waals surface area contributed by atoms with Gasteiger partial charge < -0.3 is 4.42 Å².